The Bertz CT molecular complexity index is 242. The van der Waals surface area contributed by atoms with E-state index in [1.54, 1.807) is 0 Å². The number of esters is 1. The van der Waals surface area contributed by atoms with E-state index in [2.05, 4.69) is 4.90 Å². The van der Waals surface area contributed by atoms with Crippen LogP contribution in [0.1, 0.15) is 13.8 Å². The van der Waals surface area contributed by atoms with Gasteiger partial charge >= 0.3 is 5.97 Å². The van der Waals surface area contributed by atoms with Gasteiger partial charge in [0.2, 0.25) is 0 Å². The highest BCUT2D eigenvalue weighted by Crippen LogP contribution is 2.21. The molecule has 1 N–H and O–H groups in total. The van der Waals surface area contributed by atoms with Crippen molar-refractivity contribution in [2.24, 2.45) is 5.41 Å². The molecule has 0 radical (unpaired) electrons. The van der Waals surface area contributed by atoms with Crippen molar-refractivity contribution in [3.8, 4) is 0 Å². The van der Waals surface area contributed by atoms with Crippen LogP contribution in [0.15, 0.2) is 0 Å². The van der Waals surface area contributed by atoms with E-state index in [1.807, 2.05) is 13.8 Å². The number of ether oxygens (including phenoxy) is 2. The normalized spacial score (nSPS) is 23.1. The number of hydrogen-bond acceptors (Lipinski definition) is 5. The van der Waals surface area contributed by atoms with Crippen LogP contribution in [0.5, 0.6) is 0 Å². The van der Waals surface area contributed by atoms with Crippen molar-refractivity contribution in [3.05, 3.63) is 0 Å². The largest absolute Gasteiger partial charge is 0.469 e. The molecule has 0 aromatic heterocycles. The molecule has 94 valence electrons. The summed E-state index contributed by atoms with van der Waals surface area (Å²) >= 11 is 0. The molecule has 16 heavy (non-hydrogen) atoms. The maximum absolute atomic E-state index is 11.6. The van der Waals surface area contributed by atoms with E-state index < -0.39 is 5.41 Å². The molecule has 1 saturated heterocycles. The van der Waals surface area contributed by atoms with Gasteiger partial charge in [0.15, 0.2) is 0 Å². The Morgan fingerprint density at radius 3 is 2.88 bits per heavy atom. The summed E-state index contributed by atoms with van der Waals surface area (Å²) in [5, 5.41) is 9.22. The van der Waals surface area contributed by atoms with Gasteiger partial charge in [0.05, 0.1) is 38.4 Å². The van der Waals surface area contributed by atoms with Crippen LogP contribution in [-0.2, 0) is 14.3 Å². The zero-order valence-corrected chi connectivity index (χ0v) is 10.2. The molecule has 0 amide bonds. The van der Waals surface area contributed by atoms with Crippen molar-refractivity contribution in [2.45, 2.75) is 19.9 Å². The lowest BCUT2D eigenvalue weighted by Gasteiger charge is -2.38. The van der Waals surface area contributed by atoms with Crippen LogP contribution in [0.25, 0.3) is 0 Å². The Morgan fingerprint density at radius 2 is 2.31 bits per heavy atom. The second kappa shape index (κ2) is 5.61. The van der Waals surface area contributed by atoms with Gasteiger partial charge in [-0.2, -0.15) is 0 Å². The minimum atomic E-state index is -0.556. The van der Waals surface area contributed by atoms with Gasteiger partial charge in [-0.05, 0) is 13.8 Å². The molecule has 1 fully saturated rings. The van der Waals surface area contributed by atoms with Crippen molar-refractivity contribution in [1.82, 2.24) is 4.90 Å². The number of carbonyl (C=O) groups excluding carboxylic acids is 1. The zero-order chi connectivity index (χ0) is 12.2. The topological polar surface area (TPSA) is 59.0 Å². The lowest BCUT2D eigenvalue weighted by atomic mass is 9.92. The Labute approximate surface area is 96.3 Å². The number of rotatable bonds is 4. The predicted molar refractivity (Wildman–Crippen MR) is 59.1 cm³/mol. The summed E-state index contributed by atoms with van der Waals surface area (Å²) in [4.78, 5) is 13.6. The summed E-state index contributed by atoms with van der Waals surface area (Å²) in [6.07, 6.45) is 0. The summed E-state index contributed by atoms with van der Waals surface area (Å²) in [6.45, 7) is 6.24. The van der Waals surface area contributed by atoms with Gasteiger partial charge in [0.1, 0.15) is 0 Å². The lowest BCUT2D eigenvalue weighted by Crippen LogP contribution is -2.52. The third-order valence-electron chi connectivity index (χ3n) is 2.90. The number of nitrogens with zero attached hydrogens (tertiary/aromatic N) is 1. The Hall–Kier alpha value is -0.650. The van der Waals surface area contributed by atoms with Crippen LogP contribution in [0, 0.1) is 5.41 Å². The Kier molecular flexibility index (Phi) is 4.70. The molecule has 1 aliphatic heterocycles. The van der Waals surface area contributed by atoms with Crippen molar-refractivity contribution in [2.75, 3.05) is 40.0 Å². The molecule has 0 aliphatic carbocycles. The first kappa shape index (κ1) is 13.4. The molecule has 0 saturated carbocycles. The second-order valence-corrected chi connectivity index (χ2v) is 4.76. The summed E-state index contributed by atoms with van der Waals surface area (Å²) in [6, 6.07) is -0.0160. The maximum atomic E-state index is 11.6. The smallest absolute Gasteiger partial charge is 0.312 e. The van der Waals surface area contributed by atoms with Crippen molar-refractivity contribution in [1.29, 1.82) is 0 Å². The molecule has 0 bridgehead atoms. The van der Waals surface area contributed by atoms with E-state index >= 15 is 0 Å². The van der Waals surface area contributed by atoms with E-state index in [0.717, 1.165) is 6.54 Å². The summed E-state index contributed by atoms with van der Waals surface area (Å²) in [5.41, 5.74) is -0.556. The fraction of sp³-hybridized carbons (Fsp3) is 0.909. The molecular weight excluding hydrogens is 210 g/mol. The van der Waals surface area contributed by atoms with Crippen molar-refractivity contribution < 1.29 is 19.4 Å². The van der Waals surface area contributed by atoms with E-state index in [0.29, 0.717) is 19.8 Å². The molecule has 1 heterocycles. The summed E-state index contributed by atoms with van der Waals surface area (Å²) in [7, 11) is 1.40. The average molecular weight is 231 g/mol. The minimum Gasteiger partial charge on any atom is -0.469 e. The molecule has 0 spiro atoms. The highest BCUT2D eigenvalue weighted by molar-refractivity contribution is 5.76. The van der Waals surface area contributed by atoms with Crippen LogP contribution >= 0.6 is 0 Å². The van der Waals surface area contributed by atoms with E-state index in [9.17, 15) is 9.90 Å². The Balaban J connectivity index is 2.60. The van der Waals surface area contributed by atoms with Gasteiger partial charge in [0.25, 0.3) is 0 Å². The second-order valence-electron chi connectivity index (χ2n) is 4.76. The quantitative estimate of drug-likeness (QED) is 0.683. The van der Waals surface area contributed by atoms with Crippen LogP contribution < -0.4 is 0 Å². The highest BCUT2D eigenvalue weighted by Gasteiger charge is 2.34. The molecule has 0 aromatic rings. The molecule has 0 aromatic carbocycles. The molecule has 1 rings (SSSR count). The molecule has 1 aliphatic rings. The van der Waals surface area contributed by atoms with Gasteiger partial charge in [-0.1, -0.05) is 0 Å². The number of aliphatic hydroxyl groups excluding tert-OH is 1. The van der Waals surface area contributed by atoms with Gasteiger partial charge in [-0.15, -0.1) is 0 Å². The number of carbonyl (C=O) groups is 1. The first-order valence-corrected chi connectivity index (χ1v) is 5.52. The van der Waals surface area contributed by atoms with Gasteiger partial charge in [-0.25, -0.2) is 0 Å². The minimum absolute atomic E-state index is 0.0160. The SMILES string of the molecule is COC(=O)C(C)(C)CN1CCOCC1CO. The predicted octanol–water partition coefficient (Wildman–Crippen LogP) is -0.121. The number of morpholine rings is 1. The first-order chi connectivity index (χ1) is 7.51. The molecule has 1 unspecified atom stereocenters. The fourth-order valence-corrected chi connectivity index (χ4v) is 1.91. The lowest BCUT2D eigenvalue weighted by molar-refractivity contribution is -0.153. The monoisotopic (exact) mass is 231 g/mol. The highest BCUT2D eigenvalue weighted by atomic mass is 16.5. The third-order valence-corrected chi connectivity index (χ3v) is 2.90. The van der Waals surface area contributed by atoms with Gasteiger partial charge in [0, 0.05) is 13.1 Å². The third kappa shape index (κ3) is 3.17. The van der Waals surface area contributed by atoms with Crippen LogP contribution in [0.2, 0.25) is 0 Å². The standard InChI is InChI=1S/C11H21NO4/c1-11(2,10(14)15-3)8-12-4-5-16-7-9(12)6-13/h9,13H,4-8H2,1-3H3. The molecule has 1 atom stereocenters. The van der Waals surface area contributed by atoms with Crippen LogP contribution in [0.4, 0.5) is 0 Å². The summed E-state index contributed by atoms with van der Waals surface area (Å²) < 4.78 is 10.1. The van der Waals surface area contributed by atoms with Gasteiger partial charge in [-0.3, -0.25) is 9.69 Å². The summed E-state index contributed by atoms with van der Waals surface area (Å²) in [5.74, 6) is -0.226. The number of hydrogen-bond donors (Lipinski definition) is 1. The number of aliphatic hydroxyl groups is 1. The zero-order valence-electron chi connectivity index (χ0n) is 10.2. The first-order valence-electron chi connectivity index (χ1n) is 5.52. The van der Waals surface area contributed by atoms with E-state index in [-0.39, 0.29) is 18.6 Å². The van der Waals surface area contributed by atoms with Crippen LogP contribution in [-0.4, -0.2) is 62.0 Å². The van der Waals surface area contributed by atoms with Gasteiger partial charge < -0.3 is 14.6 Å². The molecule has 5 nitrogen and oxygen atoms in total. The number of methoxy groups -OCH3 is 1. The molecular formula is C11H21NO4. The average Bonchev–Trinajstić information content (AvgIpc) is 2.28. The Morgan fingerprint density at radius 1 is 1.62 bits per heavy atom. The maximum Gasteiger partial charge on any atom is 0.312 e. The van der Waals surface area contributed by atoms with Crippen molar-refractivity contribution in [3.63, 3.8) is 0 Å². The van der Waals surface area contributed by atoms with E-state index in [4.69, 9.17) is 9.47 Å². The van der Waals surface area contributed by atoms with Crippen molar-refractivity contribution >= 4 is 5.97 Å². The van der Waals surface area contributed by atoms with Crippen LogP contribution in [0.3, 0.4) is 0 Å². The molecule has 5 heteroatoms. The van der Waals surface area contributed by atoms with E-state index in [1.165, 1.54) is 7.11 Å². The fourth-order valence-electron chi connectivity index (χ4n) is 1.91.